The van der Waals surface area contributed by atoms with Gasteiger partial charge in [-0.2, -0.15) is 0 Å². The van der Waals surface area contributed by atoms with Crippen molar-refractivity contribution in [2.75, 3.05) is 0 Å². The first kappa shape index (κ1) is 17.8. The number of aliphatic hydroxyl groups excluding tert-OH is 1. The van der Waals surface area contributed by atoms with Gasteiger partial charge in [-0.3, -0.25) is 0 Å². The Morgan fingerprint density at radius 1 is 1.20 bits per heavy atom. The Balaban J connectivity index is 2.33. The summed E-state index contributed by atoms with van der Waals surface area (Å²) in [5, 5.41) is 10.4. The zero-order valence-corrected chi connectivity index (χ0v) is 13.8. The van der Waals surface area contributed by atoms with E-state index >= 15 is 0 Å². The van der Waals surface area contributed by atoms with Crippen molar-refractivity contribution >= 4 is 7.85 Å². The van der Waals surface area contributed by atoms with E-state index in [1.165, 1.54) is 37.7 Å². The highest BCUT2D eigenvalue weighted by Crippen LogP contribution is 2.34. The van der Waals surface area contributed by atoms with Crippen LogP contribution in [0.4, 0.5) is 0 Å². The van der Waals surface area contributed by atoms with Gasteiger partial charge >= 0.3 is 0 Å². The Labute approximate surface area is 127 Å². The van der Waals surface area contributed by atoms with Gasteiger partial charge in [0.1, 0.15) is 0 Å². The minimum absolute atomic E-state index is 0.239. The summed E-state index contributed by atoms with van der Waals surface area (Å²) in [5.74, 6) is 1.25. The first-order valence-corrected chi connectivity index (χ1v) is 8.68. The molecule has 1 aliphatic carbocycles. The van der Waals surface area contributed by atoms with Gasteiger partial charge in [0.2, 0.25) is 0 Å². The van der Waals surface area contributed by atoms with Crippen LogP contribution in [0.1, 0.15) is 78.6 Å². The molecule has 2 heteroatoms. The maximum absolute atomic E-state index is 10.4. The van der Waals surface area contributed by atoms with Crippen molar-refractivity contribution in [3.63, 3.8) is 0 Å². The molecule has 0 fully saturated rings. The Hall–Kier alpha value is -0.235. The van der Waals surface area contributed by atoms with Crippen molar-refractivity contribution in [2.24, 2.45) is 11.8 Å². The van der Waals surface area contributed by atoms with Gasteiger partial charge in [0.25, 0.3) is 0 Å². The molecule has 114 valence electrons. The van der Waals surface area contributed by atoms with Crippen molar-refractivity contribution in [1.29, 1.82) is 0 Å². The zero-order chi connectivity index (χ0) is 15.0. The topological polar surface area (TPSA) is 20.2 Å². The maximum atomic E-state index is 10.4. The van der Waals surface area contributed by atoms with Crippen LogP contribution in [-0.2, 0) is 0 Å². The lowest BCUT2D eigenvalue weighted by molar-refractivity contribution is 0.188. The molecule has 0 heterocycles. The van der Waals surface area contributed by atoms with Crippen molar-refractivity contribution in [2.45, 2.75) is 90.5 Å². The minimum atomic E-state index is -0.239. The molecule has 4 unspecified atom stereocenters. The van der Waals surface area contributed by atoms with Crippen molar-refractivity contribution in [1.82, 2.24) is 0 Å². The van der Waals surface area contributed by atoms with E-state index in [2.05, 4.69) is 26.8 Å². The van der Waals surface area contributed by atoms with Gasteiger partial charge in [0.15, 0.2) is 0 Å². The average molecular weight is 276 g/mol. The first-order valence-electron chi connectivity index (χ1n) is 8.68. The van der Waals surface area contributed by atoms with Crippen molar-refractivity contribution < 1.29 is 5.11 Å². The van der Waals surface area contributed by atoms with Crippen LogP contribution in [0, 0.1) is 11.8 Å². The Kier molecular flexibility index (Phi) is 8.60. The molecule has 0 aromatic rings. The van der Waals surface area contributed by atoms with Crippen LogP contribution in [0.3, 0.4) is 0 Å². The molecule has 0 saturated heterocycles. The fourth-order valence-electron chi connectivity index (χ4n) is 3.24. The summed E-state index contributed by atoms with van der Waals surface area (Å²) >= 11 is 0. The molecule has 0 saturated carbocycles. The van der Waals surface area contributed by atoms with E-state index in [9.17, 15) is 5.11 Å². The fraction of sp³-hybridized carbons (Fsp3) is 0.889. The molecule has 1 aliphatic rings. The monoisotopic (exact) mass is 276 g/mol. The van der Waals surface area contributed by atoms with Gasteiger partial charge in [-0.25, -0.2) is 0 Å². The SMILES string of the molecule is [B]C1CC(C)CC(C(O)CCCCCCCC)=CC1C. The third-order valence-electron chi connectivity index (χ3n) is 4.67. The third-order valence-corrected chi connectivity index (χ3v) is 4.67. The number of hydrogen-bond donors (Lipinski definition) is 1. The summed E-state index contributed by atoms with van der Waals surface area (Å²) in [5.41, 5.74) is 1.24. The lowest BCUT2D eigenvalue weighted by Gasteiger charge is -2.17. The molecular formula is C18H33BO. The number of unbranched alkanes of at least 4 members (excludes halogenated alkanes) is 5. The predicted octanol–water partition coefficient (Wildman–Crippen LogP) is 5.05. The summed E-state index contributed by atoms with van der Waals surface area (Å²) in [4.78, 5) is 0. The summed E-state index contributed by atoms with van der Waals surface area (Å²) in [7, 11) is 6.17. The van der Waals surface area contributed by atoms with Gasteiger partial charge in [0.05, 0.1) is 14.0 Å². The first-order chi connectivity index (χ1) is 9.54. The van der Waals surface area contributed by atoms with E-state index in [1.54, 1.807) is 0 Å². The number of aliphatic hydroxyl groups is 1. The van der Waals surface area contributed by atoms with Crippen molar-refractivity contribution in [3.8, 4) is 0 Å². The highest BCUT2D eigenvalue weighted by atomic mass is 16.3. The molecule has 0 aromatic carbocycles. The largest absolute Gasteiger partial charge is 0.389 e. The quantitative estimate of drug-likeness (QED) is 0.374. The summed E-state index contributed by atoms with van der Waals surface area (Å²) < 4.78 is 0. The highest BCUT2D eigenvalue weighted by Gasteiger charge is 2.22. The molecule has 0 spiro atoms. The lowest BCUT2D eigenvalue weighted by atomic mass is 9.73. The Morgan fingerprint density at radius 3 is 2.55 bits per heavy atom. The van der Waals surface area contributed by atoms with Crippen LogP contribution < -0.4 is 0 Å². The Bertz CT molecular complexity index is 287. The lowest BCUT2D eigenvalue weighted by Crippen LogP contribution is -2.12. The van der Waals surface area contributed by atoms with Crippen LogP contribution >= 0.6 is 0 Å². The molecule has 0 amide bonds. The van der Waals surface area contributed by atoms with E-state index in [1.807, 2.05) is 0 Å². The van der Waals surface area contributed by atoms with E-state index in [4.69, 9.17) is 7.85 Å². The van der Waals surface area contributed by atoms with Gasteiger partial charge < -0.3 is 5.11 Å². The molecule has 1 N–H and O–H groups in total. The number of rotatable bonds is 8. The summed E-state index contributed by atoms with van der Waals surface area (Å²) in [6.45, 7) is 6.68. The molecule has 0 bridgehead atoms. The number of hydrogen-bond acceptors (Lipinski definition) is 1. The maximum Gasteiger partial charge on any atom is 0.0750 e. The molecule has 0 aliphatic heterocycles. The van der Waals surface area contributed by atoms with E-state index in [0.717, 1.165) is 25.7 Å². The second kappa shape index (κ2) is 9.66. The molecule has 0 aromatic heterocycles. The van der Waals surface area contributed by atoms with Gasteiger partial charge in [-0.15, -0.1) is 0 Å². The molecule has 4 atom stereocenters. The van der Waals surface area contributed by atoms with Crippen LogP contribution in [0.25, 0.3) is 0 Å². The molecule has 20 heavy (non-hydrogen) atoms. The smallest absolute Gasteiger partial charge is 0.0750 e. The fourth-order valence-corrected chi connectivity index (χ4v) is 3.24. The van der Waals surface area contributed by atoms with Crippen LogP contribution in [-0.4, -0.2) is 19.1 Å². The normalized spacial score (nSPS) is 28.8. The summed E-state index contributed by atoms with van der Waals surface area (Å²) in [6.07, 6.45) is 12.7. The minimum Gasteiger partial charge on any atom is -0.389 e. The zero-order valence-electron chi connectivity index (χ0n) is 13.8. The summed E-state index contributed by atoms with van der Waals surface area (Å²) in [6, 6.07) is 0. The van der Waals surface area contributed by atoms with Gasteiger partial charge in [-0.05, 0) is 30.3 Å². The van der Waals surface area contributed by atoms with Crippen LogP contribution in [0.2, 0.25) is 5.82 Å². The molecule has 2 radical (unpaired) electrons. The third kappa shape index (κ3) is 6.48. The standard InChI is InChI=1S/C18H33BO/c1-4-5-6-7-8-9-10-18(20)16-11-14(2)12-17(19)15(3)13-16/h13-15,17-18,20H,4-12H2,1-3H3. The predicted molar refractivity (Wildman–Crippen MR) is 89.1 cm³/mol. The molecule has 1 rings (SSSR count). The van der Waals surface area contributed by atoms with Crippen LogP contribution in [0.5, 0.6) is 0 Å². The van der Waals surface area contributed by atoms with E-state index in [0.29, 0.717) is 11.8 Å². The van der Waals surface area contributed by atoms with Crippen LogP contribution in [0.15, 0.2) is 11.6 Å². The second-order valence-electron chi connectivity index (χ2n) is 6.88. The van der Waals surface area contributed by atoms with Crippen molar-refractivity contribution in [3.05, 3.63) is 11.6 Å². The average Bonchev–Trinajstić information content (AvgIpc) is 2.53. The Morgan fingerprint density at radius 2 is 1.85 bits per heavy atom. The molecule has 1 nitrogen and oxygen atoms in total. The van der Waals surface area contributed by atoms with Gasteiger partial charge in [0, 0.05) is 0 Å². The van der Waals surface area contributed by atoms with E-state index < -0.39 is 0 Å². The highest BCUT2D eigenvalue weighted by molar-refractivity contribution is 6.11. The van der Waals surface area contributed by atoms with Gasteiger partial charge in [-0.1, -0.05) is 77.6 Å². The van der Waals surface area contributed by atoms with E-state index in [-0.39, 0.29) is 11.9 Å². The number of allylic oxidation sites excluding steroid dienone is 1. The molecular weight excluding hydrogens is 243 g/mol. The second-order valence-corrected chi connectivity index (χ2v) is 6.88.